The van der Waals surface area contributed by atoms with E-state index in [-0.39, 0.29) is 11.6 Å². The molecule has 2 N–H and O–H groups in total. The lowest BCUT2D eigenvalue weighted by Gasteiger charge is -2.29. The summed E-state index contributed by atoms with van der Waals surface area (Å²) in [5, 5.41) is 0. The van der Waals surface area contributed by atoms with Crippen LogP contribution in [0.15, 0.2) is 6.07 Å². The van der Waals surface area contributed by atoms with E-state index in [1.54, 1.807) is 7.11 Å². The minimum Gasteiger partial charge on any atom is -0.378 e. The van der Waals surface area contributed by atoms with Crippen molar-refractivity contribution < 1.29 is 9.47 Å². The van der Waals surface area contributed by atoms with E-state index in [2.05, 4.69) is 17.6 Å². The first-order valence-corrected chi connectivity index (χ1v) is 7.22. The molecule has 4 nitrogen and oxygen atoms in total. The zero-order valence-electron chi connectivity index (χ0n) is 11.9. The SMILES string of the molecule is COC1(Cn2c(C)cc3c2CCCC3N)CCOC1. The first kappa shape index (κ1) is 13.2. The Hall–Kier alpha value is -0.840. The summed E-state index contributed by atoms with van der Waals surface area (Å²) in [5.74, 6) is 0. The van der Waals surface area contributed by atoms with Crippen molar-refractivity contribution in [2.45, 2.75) is 50.8 Å². The highest BCUT2D eigenvalue weighted by molar-refractivity contribution is 5.32. The quantitative estimate of drug-likeness (QED) is 0.907. The molecule has 1 fully saturated rings. The van der Waals surface area contributed by atoms with Gasteiger partial charge >= 0.3 is 0 Å². The van der Waals surface area contributed by atoms with Crippen LogP contribution < -0.4 is 5.73 Å². The van der Waals surface area contributed by atoms with E-state index < -0.39 is 0 Å². The highest BCUT2D eigenvalue weighted by Gasteiger charge is 2.37. The molecule has 4 heteroatoms. The molecule has 0 bridgehead atoms. The number of hydrogen-bond donors (Lipinski definition) is 1. The Morgan fingerprint density at radius 1 is 1.58 bits per heavy atom. The van der Waals surface area contributed by atoms with Gasteiger partial charge in [-0.2, -0.15) is 0 Å². The molecule has 1 aliphatic carbocycles. The monoisotopic (exact) mass is 264 g/mol. The van der Waals surface area contributed by atoms with Crippen molar-refractivity contribution in [3.63, 3.8) is 0 Å². The molecular weight excluding hydrogens is 240 g/mol. The lowest BCUT2D eigenvalue weighted by atomic mass is 9.93. The van der Waals surface area contributed by atoms with Gasteiger partial charge in [-0.3, -0.25) is 0 Å². The van der Waals surface area contributed by atoms with Gasteiger partial charge in [0.2, 0.25) is 0 Å². The Morgan fingerprint density at radius 2 is 2.42 bits per heavy atom. The first-order valence-electron chi connectivity index (χ1n) is 7.22. The standard InChI is InChI=1S/C15H24N2O2/c1-11-8-12-13(16)4-3-5-14(12)17(11)9-15(18-2)6-7-19-10-15/h8,13H,3-7,9-10,16H2,1-2H3. The molecule has 0 spiro atoms. The number of fused-ring (bicyclic) bond motifs is 1. The molecular formula is C15H24N2O2. The number of methoxy groups -OCH3 is 1. The maximum atomic E-state index is 6.23. The van der Waals surface area contributed by atoms with Crippen LogP contribution in [0.4, 0.5) is 0 Å². The van der Waals surface area contributed by atoms with E-state index >= 15 is 0 Å². The van der Waals surface area contributed by atoms with Crippen LogP contribution in [0.1, 0.15) is 42.3 Å². The molecule has 1 aromatic rings. The average Bonchev–Trinajstić information content (AvgIpc) is 2.99. The van der Waals surface area contributed by atoms with Gasteiger partial charge < -0.3 is 19.8 Å². The minimum absolute atomic E-state index is 0.154. The molecule has 1 aliphatic heterocycles. The van der Waals surface area contributed by atoms with Gasteiger partial charge in [-0.25, -0.2) is 0 Å². The number of rotatable bonds is 3. The molecule has 3 rings (SSSR count). The molecule has 2 aliphatic rings. The Bertz CT molecular complexity index is 461. The van der Waals surface area contributed by atoms with E-state index in [0.29, 0.717) is 6.61 Å². The molecule has 19 heavy (non-hydrogen) atoms. The normalized spacial score (nSPS) is 30.6. The van der Waals surface area contributed by atoms with Crippen LogP contribution in [-0.4, -0.2) is 30.5 Å². The zero-order valence-corrected chi connectivity index (χ0v) is 11.9. The summed E-state index contributed by atoms with van der Waals surface area (Å²) in [7, 11) is 1.80. The summed E-state index contributed by atoms with van der Waals surface area (Å²) in [4.78, 5) is 0. The number of nitrogens with two attached hydrogens (primary N) is 1. The minimum atomic E-state index is -0.154. The van der Waals surface area contributed by atoms with Crippen molar-refractivity contribution in [1.29, 1.82) is 0 Å². The van der Waals surface area contributed by atoms with E-state index in [0.717, 1.165) is 32.4 Å². The summed E-state index contributed by atoms with van der Waals surface area (Å²) in [5.41, 5.74) is 10.1. The van der Waals surface area contributed by atoms with Gasteiger partial charge in [0.15, 0.2) is 0 Å². The predicted octanol–water partition coefficient (Wildman–Crippen LogP) is 1.94. The van der Waals surface area contributed by atoms with Crippen LogP contribution in [0.5, 0.6) is 0 Å². The summed E-state index contributed by atoms with van der Waals surface area (Å²) in [6.07, 6.45) is 4.41. The second-order valence-corrected chi connectivity index (χ2v) is 5.96. The number of aromatic nitrogens is 1. The molecule has 2 atom stereocenters. The van der Waals surface area contributed by atoms with E-state index in [1.807, 2.05) is 0 Å². The second-order valence-electron chi connectivity index (χ2n) is 5.96. The zero-order chi connectivity index (χ0) is 13.5. The van der Waals surface area contributed by atoms with Gasteiger partial charge in [0.05, 0.1) is 13.2 Å². The average molecular weight is 264 g/mol. The third-order valence-corrected chi connectivity index (χ3v) is 4.72. The Morgan fingerprint density at radius 3 is 3.11 bits per heavy atom. The summed E-state index contributed by atoms with van der Waals surface area (Å²) < 4.78 is 13.7. The smallest absolute Gasteiger partial charge is 0.111 e. The Kier molecular flexibility index (Phi) is 3.41. The maximum absolute atomic E-state index is 6.23. The van der Waals surface area contributed by atoms with Crippen molar-refractivity contribution in [2.24, 2.45) is 5.73 Å². The molecule has 106 valence electrons. The van der Waals surface area contributed by atoms with E-state index in [9.17, 15) is 0 Å². The second kappa shape index (κ2) is 4.93. The topological polar surface area (TPSA) is 49.4 Å². The van der Waals surface area contributed by atoms with Crippen LogP contribution in [0.3, 0.4) is 0 Å². The fourth-order valence-corrected chi connectivity index (χ4v) is 3.45. The fourth-order valence-electron chi connectivity index (χ4n) is 3.45. The number of nitrogens with zero attached hydrogens (tertiary/aromatic N) is 1. The van der Waals surface area contributed by atoms with Gasteiger partial charge in [0.1, 0.15) is 5.60 Å². The third-order valence-electron chi connectivity index (χ3n) is 4.72. The van der Waals surface area contributed by atoms with Crippen LogP contribution in [0, 0.1) is 6.92 Å². The van der Waals surface area contributed by atoms with Gasteiger partial charge in [-0.05, 0) is 37.8 Å². The molecule has 2 unspecified atom stereocenters. The maximum Gasteiger partial charge on any atom is 0.111 e. The Balaban J connectivity index is 1.92. The number of aryl methyl sites for hydroxylation is 1. The van der Waals surface area contributed by atoms with Gasteiger partial charge in [-0.1, -0.05) is 0 Å². The lowest BCUT2D eigenvalue weighted by molar-refractivity contribution is -0.0303. The summed E-state index contributed by atoms with van der Waals surface area (Å²) >= 11 is 0. The molecule has 0 saturated carbocycles. The molecule has 0 aromatic carbocycles. The van der Waals surface area contributed by atoms with Crippen LogP contribution in [0.2, 0.25) is 0 Å². The molecule has 0 radical (unpaired) electrons. The van der Waals surface area contributed by atoms with Crippen molar-refractivity contribution in [2.75, 3.05) is 20.3 Å². The van der Waals surface area contributed by atoms with E-state index in [4.69, 9.17) is 15.2 Å². The molecule has 2 heterocycles. The molecule has 0 amide bonds. The van der Waals surface area contributed by atoms with Crippen molar-refractivity contribution >= 4 is 0 Å². The van der Waals surface area contributed by atoms with Crippen molar-refractivity contribution in [3.05, 3.63) is 23.0 Å². The van der Waals surface area contributed by atoms with Crippen molar-refractivity contribution in [1.82, 2.24) is 4.57 Å². The van der Waals surface area contributed by atoms with Gasteiger partial charge in [0, 0.05) is 37.6 Å². The number of hydrogen-bond acceptors (Lipinski definition) is 3. The van der Waals surface area contributed by atoms with Crippen LogP contribution in [-0.2, 0) is 22.4 Å². The predicted molar refractivity (Wildman–Crippen MR) is 74.2 cm³/mol. The third kappa shape index (κ3) is 2.22. The fraction of sp³-hybridized carbons (Fsp3) is 0.733. The first-order chi connectivity index (χ1) is 9.15. The Labute approximate surface area is 114 Å². The summed E-state index contributed by atoms with van der Waals surface area (Å²) in [6, 6.07) is 2.47. The van der Waals surface area contributed by atoms with Crippen LogP contribution in [0.25, 0.3) is 0 Å². The van der Waals surface area contributed by atoms with Crippen LogP contribution >= 0.6 is 0 Å². The summed E-state index contributed by atoms with van der Waals surface area (Å²) in [6.45, 7) is 4.55. The lowest BCUT2D eigenvalue weighted by Crippen LogP contribution is -2.38. The number of ether oxygens (including phenoxy) is 2. The molecule has 1 saturated heterocycles. The van der Waals surface area contributed by atoms with Gasteiger partial charge in [-0.15, -0.1) is 0 Å². The molecule has 1 aromatic heterocycles. The van der Waals surface area contributed by atoms with Crippen molar-refractivity contribution in [3.8, 4) is 0 Å². The highest BCUT2D eigenvalue weighted by Crippen LogP contribution is 2.33. The largest absolute Gasteiger partial charge is 0.378 e. The highest BCUT2D eigenvalue weighted by atomic mass is 16.5. The van der Waals surface area contributed by atoms with E-state index in [1.165, 1.54) is 23.4 Å². The van der Waals surface area contributed by atoms with Gasteiger partial charge in [0.25, 0.3) is 0 Å².